The van der Waals surface area contributed by atoms with Gasteiger partial charge >= 0.3 is 0 Å². The number of rotatable bonds is 9. The summed E-state index contributed by atoms with van der Waals surface area (Å²) >= 11 is 6.76. The molecule has 0 radical (unpaired) electrons. The van der Waals surface area contributed by atoms with E-state index in [1.807, 2.05) is 24.3 Å². The lowest BCUT2D eigenvalue weighted by atomic mass is 10.1. The van der Waals surface area contributed by atoms with Crippen LogP contribution in [0.3, 0.4) is 0 Å². The topological polar surface area (TPSA) is 99.9 Å². The molecule has 12 heteroatoms. The maximum Gasteiger partial charge on any atom is 0.267 e. The average molecular weight is 582 g/mol. The third-order valence-corrected chi connectivity index (χ3v) is 8.44. The Balaban J connectivity index is 1.42. The lowest BCUT2D eigenvalue weighted by Gasteiger charge is -2.35. The monoisotopic (exact) mass is 581 g/mol. The van der Waals surface area contributed by atoms with E-state index in [0.717, 1.165) is 18.7 Å². The highest BCUT2D eigenvalue weighted by Crippen LogP contribution is 2.34. The lowest BCUT2D eigenvalue weighted by Crippen LogP contribution is -2.48. The Labute approximate surface area is 241 Å². The van der Waals surface area contributed by atoms with E-state index in [1.54, 1.807) is 43.5 Å². The number of thiocarbonyl (C=S) groups is 1. The van der Waals surface area contributed by atoms with Crippen LogP contribution in [0.25, 0.3) is 11.7 Å². The zero-order valence-corrected chi connectivity index (χ0v) is 24.0. The Bertz CT molecular complexity index is 1520. The van der Waals surface area contributed by atoms with Gasteiger partial charge in [-0.25, -0.2) is 4.98 Å². The van der Waals surface area contributed by atoms with Crippen LogP contribution in [0, 0.1) is 0 Å². The third-order valence-electron chi connectivity index (χ3n) is 7.06. The largest absolute Gasteiger partial charge is 0.493 e. The Morgan fingerprint density at radius 2 is 1.82 bits per heavy atom. The highest BCUT2D eigenvalue weighted by atomic mass is 32.2. The Morgan fingerprint density at radius 3 is 2.55 bits per heavy atom. The van der Waals surface area contributed by atoms with Crippen LogP contribution in [0.2, 0.25) is 0 Å². The number of aromatic nitrogens is 2. The molecule has 5 rings (SSSR count). The number of hydrogen-bond donors (Lipinski definition) is 1. The first-order chi connectivity index (χ1) is 19.4. The molecule has 2 aliphatic rings. The number of amides is 1. The van der Waals surface area contributed by atoms with Crippen LogP contribution >= 0.6 is 24.0 Å². The van der Waals surface area contributed by atoms with E-state index in [2.05, 4.69) is 9.80 Å². The van der Waals surface area contributed by atoms with Crippen molar-refractivity contribution < 1.29 is 19.4 Å². The molecule has 0 aliphatic carbocycles. The number of piperazine rings is 1. The van der Waals surface area contributed by atoms with Gasteiger partial charge in [0.05, 0.1) is 31.3 Å². The fourth-order valence-electron chi connectivity index (χ4n) is 4.88. The second-order valence-electron chi connectivity index (χ2n) is 9.41. The normalized spacial score (nSPS) is 17.3. The van der Waals surface area contributed by atoms with Crippen molar-refractivity contribution in [3.63, 3.8) is 0 Å². The number of methoxy groups -OCH3 is 2. The van der Waals surface area contributed by atoms with Gasteiger partial charge in [0.25, 0.3) is 11.5 Å². The van der Waals surface area contributed by atoms with E-state index < -0.39 is 0 Å². The van der Waals surface area contributed by atoms with Crippen LogP contribution in [0.15, 0.2) is 52.3 Å². The number of carbonyl (C=O) groups excluding carboxylic acids is 1. The van der Waals surface area contributed by atoms with E-state index in [0.29, 0.717) is 70.4 Å². The number of ether oxygens (including phenoxy) is 2. The Morgan fingerprint density at radius 1 is 1.05 bits per heavy atom. The predicted octanol–water partition coefficient (Wildman–Crippen LogP) is 2.27. The number of aliphatic hydroxyl groups excluding tert-OH is 1. The van der Waals surface area contributed by atoms with Crippen LogP contribution in [0.4, 0.5) is 5.82 Å². The minimum Gasteiger partial charge on any atom is -0.493 e. The van der Waals surface area contributed by atoms with E-state index in [9.17, 15) is 14.7 Å². The number of nitrogens with zero attached hydrogens (tertiary/aromatic N) is 5. The summed E-state index contributed by atoms with van der Waals surface area (Å²) < 4.78 is 12.7. The molecule has 0 spiro atoms. The molecule has 2 fully saturated rings. The Kier molecular flexibility index (Phi) is 8.69. The molecule has 10 nitrogen and oxygen atoms in total. The van der Waals surface area contributed by atoms with Gasteiger partial charge in [-0.2, -0.15) is 0 Å². The molecule has 3 aromatic rings. The smallest absolute Gasteiger partial charge is 0.267 e. The van der Waals surface area contributed by atoms with Gasteiger partial charge in [-0.3, -0.25) is 23.8 Å². The summed E-state index contributed by atoms with van der Waals surface area (Å²) in [6.07, 6.45) is 3.89. The van der Waals surface area contributed by atoms with Crippen molar-refractivity contribution in [1.29, 1.82) is 0 Å². The highest BCUT2D eigenvalue weighted by Gasteiger charge is 2.33. The minimum absolute atomic E-state index is 0.106. The molecule has 1 aromatic carbocycles. The van der Waals surface area contributed by atoms with Crippen molar-refractivity contribution in [1.82, 2.24) is 19.2 Å². The number of hydrogen-bond acceptors (Lipinski definition) is 10. The summed E-state index contributed by atoms with van der Waals surface area (Å²) in [6.45, 7) is 3.91. The average Bonchev–Trinajstić information content (AvgIpc) is 3.25. The van der Waals surface area contributed by atoms with E-state index in [-0.39, 0.29) is 18.1 Å². The summed E-state index contributed by atoms with van der Waals surface area (Å²) in [6, 6.07) is 11.1. The van der Waals surface area contributed by atoms with Crippen molar-refractivity contribution in [2.45, 2.75) is 6.42 Å². The zero-order valence-electron chi connectivity index (χ0n) is 22.4. The molecule has 1 amide bonds. The summed E-state index contributed by atoms with van der Waals surface area (Å²) in [5.41, 5.74) is 1.64. The molecule has 2 aliphatic heterocycles. The fraction of sp³-hybridized carbons (Fsp3) is 0.357. The first-order valence-corrected chi connectivity index (χ1v) is 14.2. The number of pyridine rings is 1. The summed E-state index contributed by atoms with van der Waals surface area (Å²) in [5.74, 6) is 1.59. The molecule has 4 heterocycles. The predicted molar refractivity (Wildman–Crippen MR) is 160 cm³/mol. The number of β-amino-alcohol motifs (C(OH)–C–C–N with tert-alkyl or cyclic N) is 1. The highest BCUT2D eigenvalue weighted by molar-refractivity contribution is 8.26. The molecule has 0 unspecified atom stereocenters. The van der Waals surface area contributed by atoms with Gasteiger partial charge in [-0.15, -0.1) is 0 Å². The molecule has 0 bridgehead atoms. The number of anilines is 1. The van der Waals surface area contributed by atoms with Gasteiger partial charge in [0.15, 0.2) is 11.5 Å². The number of thioether (sulfide) groups is 1. The van der Waals surface area contributed by atoms with Crippen molar-refractivity contribution in [2.75, 3.05) is 65.0 Å². The van der Waals surface area contributed by atoms with E-state index in [4.69, 9.17) is 26.7 Å². The molecule has 2 aromatic heterocycles. The summed E-state index contributed by atoms with van der Waals surface area (Å²) in [4.78, 5) is 38.2. The van der Waals surface area contributed by atoms with Crippen LogP contribution in [-0.2, 0) is 11.2 Å². The van der Waals surface area contributed by atoms with Gasteiger partial charge in [-0.1, -0.05) is 36.1 Å². The first-order valence-electron chi connectivity index (χ1n) is 13.0. The Hall–Kier alpha value is -3.45. The zero-order chi connectivity index (χ0) is 28.2. The molecule has 210 valence electrons. The van der Waals surface area contributed by atoms with Crippen LogP contribution in [-0.4, -0.2) is 94.6 Å². The fourth-order valence-corrected chi connectivity index (χ4v) is 6.17. The van der Waals surface area contributed by atoms with Crippen LogP contribution in [0.1, 0.15) is 11.1 Å². The number of aliphatic hydroxyl groups is 1. The molecule has 1 N–H and O–H groups in total. The SMILES string of the molecule is COc1ccc(CCN2C(=O)/C(=C\c3c(N4CCN(CCO)CC4)nc4ccccn4c3=O)SC2=S)cc1OC. The molecule has 0 atom stereocenters. The van der Waals surface area contributed by atoms with Crippen molar-refractivity contribution in [3.05, 3.63) is 69.0 Å². The second kappa shape index (κ2) is 12.4. The molecular weight excluding hydrogens is 550 g/mol. The van der Waals surface area contributed by atoms with Crippen molar-refractivity contribution in [3.8, 4) is 11.5 Å². The van der Waals surface area contributed by atoms with E-state index in [1.165, 1.54) is 16.2 Å². The molecular formula is C28H31N5O5S2. The van der Waals surface area contributed by atoms with Gasteiger partial charge in [0.1, 0.15) is 15.8 Å². The van der Waals surface area contributed by atoms with Gasteiger partial charge < -0.3 is 19.5 Å². The number of benzene rings is 1. The molecule has 0 saturated carbocycles. The van der Waals surface area contributed by atoms with Crippen molar-refractivity contribution >= 4 is 51.7 Å². The number of fused-ring (bicyclic) bond motifs is 1. The van der Waals surface area contributed by atoms with Crippen molar-refractivity contribution in [2.24, 2.45) is 0 Å². The van der Waals surface area contributed by atoms with Gasteiger partial charge in [0.2, 0.25) is 0 Å². The standard InChI is InChI=1S/C28H31N5O5S2/c1-37-21-7-6-19(17-22(21)38-2)8-10-33-27(36)23(40-28(33)39)18-20-25(31-13-11-30(12-14-31)15-16-34)29-24-5-3-4-9-32(24)26(20)35/h3-7,9,17-18,34H,8,10-16H2,1-2H3/b23-18+. The summed E-state index contributed by atoms with van der Waals surface area (Å²) in [5, 5.41) is 9.30. The van der Waals surface area contributed by atoms with E-state index >= 15 is 0 Å². The third kappa shape index (κ3) is 5.71. The first kappa shape index (κ1) is 28.1. The van der Waals surface area contributed by atoms with Crippen LogP contribution in [0.5, 0.6) is 11.5 Å². The maximum absolute atomic E-state index is 13.7. The maximum atomic E-state index is 13.7. The number of carbonyl (C=O) groups is 1. The lowest BCUT2D eigenvalue weighted by molar-refractivity contribution is -0.122. The molecule has 40 heavy (non-hydrogen) atoms. The second-order valence-corrected chi connectivity index (χ2v) is 11.1. The van der Waals surface area contributed by atoms with Crippen LogP contribution < -0.4 is 19.9 Å². The quantitative estimate of drug-likeness (QED) is 0.299. The molecule has 2 saturated heterocycles. The van der Waals surface area contributed by atoms with Gasteiger partial charge in [-0.05, 0) is 42.3 Å². The van der Waals surface area contributed by atoms with Gasteiger partial charge in [0, 0.05) is 45.5 Å². The minimum atomic E-state index is -0.242. The summed E-state index contributed by atoms with van der Waals surface area (Å²) in [7, 11) is 3.17.